The highest BCUT2D eigenvalue weighted by Gasteiger charge is 2.29. The van der Waals surface area contributed by atoms with E-state index in [1.165, 1.54) is 50.9 Å². The standard InChI is InChI=1S/C35H32F3N5O7S/c1-47-33-27(17-40-35(42-33)49-3)19-11-28(38)31-29(12-19)39-18-30(43-51(45,46)26-7-5-4-6-8-26)32(31)41-23-9-20(34(44)48-2)10-24(16-23)50-25-14-21(36)13-22(37)15-25/h9-18,26,43H,4-8H2,1-3H3,(H,39,41). The number of ether oxygens (including phenoxy) is 4. The summed E-state index contributed by atoms with van der Waals surface area (Å²) in [6, 6.07) is 9.39. The molecule has 266 valence electrons. The summed E-state index contributed by atoms with van der Waals surface area (Å²) in [5.74, 6) is -3.49. The number of halogens is 3. The van der Waals surface area contributed by atoms with Crippen molar-refractivity contribution in [2.45, 2.75) is 37.4 Å². The van der Waals surface area contributed by atoms with Gasteiger partial charge >= 0.3 is 12.0 Å². The average Bonchev–Trinajstić information content (AvgIpc) is 3.11. The molecule has 1 aliphatic rings. The van der Waals surface area contributed by atoms with Crippen LogP contribution in [0.5, 0.6) is 23.4 Å². The third-order valence-corrected chi connectivity index (χ3v) is 10.1. The maximum atomic E-state index is 16.4. The Balaban J connectivity index is 1.50. The van der Waals surface area contributed by atoms with E-state index in [0.717, 1.165) is 38.5 Å². The molecule has 16 heteroatoms. The van der Waals surface area contributed by atoms with Gasteiger partial charge in [-0.3, -0.25) is 9.71 Å². The van der Waals surface area contributed by atoms with Crippen LogP contribution in [-0.2, 0) is 14.8 Å². The lowest BCUT2D eigenvalue weighted by molar-refractivity contribution is 0.0600. The van der Waals surface area contributed by atoms with Gasteiger partial charge in [0.25, 0.3) is 0 Å². The number of sulfonamides is 1. The molecule has 0 bridgehead atoms. The number of esters is 1. The Kier molecular flexibility index (Phi) is 10.1. The number of fused-ring (bicyclic) bond motifs is 1. The number of nitrogens with zero attached hydrogens (tertiary/aromatic N) is 3. The van der Waals surface area contributed by atoms with E-state index >= 15 is 4.39 Å². The van der Waals surface area contributed by atoms with E-state index in [2.05, 4.69) is 25.0 Å². The molecule has 51 heavy (non-hydrogen) atoms. The van der Waals surface area contributed by atoms with E-state index in [0.29, 0.717) is 30.0 Å². The van der Waals surface area contributed by atoms with Crippen molar-refractivity contribution in [3.05, 3.63) is 83.9 Å². The monoisotopic (exact) mass is 723 g/mol. The van der Waals surface area contributed by atoms with E-state index in [1.807, 2.05) is 0 Å². The van der Waals surface area contributed by atoms with Crippen LogP contribution in [0, 0.1) is 17.5 Å². The van der Waals surface area contributed by atoms with Crippen LogP contribution in [0.1, 0.15) is 42.5 Å². The lowest BCUT2D eigenvalue weighted by Gasteiger charge is -2.24. The maximum Gasteiger partial charge on any atom is 0.338 e. The van der Waals surface area contributed by atoms with Crippen molar-refractivity contribution in [1.29, 1.82) is 0 Å². The van der Waals surface area contributed by atoms with Crippen LogP contribution in [0.15, 0.2) is 60.9 Å². The summed E-state index contributed by atoms with van der Waals surface area (Å²) in [5, 5.41) is 2.27. The number of anilines is 3. The number of rotatable bonds is 11. The molecule has 1 saturated carbocycles. The van der Waals surface area contributed by atoms with Crippen LogP contribution >= 0.6 is 0 Å². The predicted octanol–water partition coefficient (Wildman–Crippen LogP) is 7.52. The molecule has 2 heterocycles. The Morgan fingerprint density at radius 3 is 2.25 bits per heavy atom. The van der Waals surface area contributed by atoms with Gasteiger partial charge in [0.05, 0.1) is 66.2 Å². The molecule has 3 aromatic carbocycles. The van der Waals surface area contributed by atoms with Gasteiger partial charge < -0.3 is 24.3 Å². The second-order valence-corrected chi connectivity index (χ2v) is 13.6. The molecule has 1 fully saturated rings. The molecule has 6 rings (SSSR count). The molecule has 0 aliphatic heterocycles. The van der Waals surface area contributed by atoms with Crippen molar-refractivity contribution in [1.82, 2.24) is 15.0 Å². The van der Waals surface area contributed by atoms with Gasteiger partial charge in [0.1, 0.15) is 29.0 Å². The minimum atomic E-state index is -3.95. The Bertz CT molecular complexity index is 2210. The van der Waals surface area contributed by atoms with E-state index in [1.54, 1.807) is 6.07 Å². The number of hydrogen-bond donors (Lipinski definition) is 2. The molecule has 0 saturated heterocycles. The minimum absolute atomic E-state index is 0.0357. The second-order valence-electron chi connectivity index (χ2n) is 11.7. The van der Waals surface area contributed by atoms with Gasteiger partial charge in [0.15, 0.2) is 0 Å². The first kappa shape index (κ1) is 35.2. The normalized spacial score (nSPS) is 13.5. The zero-order valence-electron chi connectivity index (χ0n) is 27.6. The van der Waals surface area contributed by atoms with Crippen LogP contribution in [-0.4, -0.2) is 55.9 Å². The Hall–Kier alpha value is -5.64. The number of methoxy groups -OCH3 is 3. The number of carbonyl (C=O) groups is 1. The fourth-order valence-electron chi connectivity index (χ4n) is 5.89. The van der Waals surface area contributed by atoms with Crippen molar-refractivity contribution in [2.24, 2.45) is 0 Å². The molecular formula is C35H32F3N5O7S. The summed E-state index contributed by atoms with van der Waals surface area (Å²) in [5.41, 5.74) is 0.727. The molecule has 2 N–H and O–H groups in total. The first-order valence-electron chi connectivity index (χ1n) is 15.7. The summed E-state index contributed by atoms with van der Waals surface area (Å²) in [6.45, 7) is 0. The molecule has 0 amide bonds. The highest BCUT2D eigenvalue weighted by molar-refractivity contribution is 7.93. The smallest absolute Gasteiger partial charge is 0.338 e. The number of nitrogens with one attached hydrogen (secondary N) is 2. The maximum absolute atomic E-state index is 16.4. The predicted molar refractivity (Wildman–Crippen MR) is 183 cm³/mol. The van der Waals surface area contributed by atoms with E-state index in [4.69, 9.17) is 18.9 Å². The molecule has 5 aromatic rings. The van der Waals surface area contributed by atoms with E-state index in [-0.39, 0.29) is 56.9 Å². The van der Waals surface area contributed by atoms with Gasteiger partial charge in [0.2, 0.25) is 15.9 Å². The van der Waals surface area contributed by atoms with Crippen LogP contribution in [0.2, 0.25) is 0 Å². The highest BCUT2D eigenvalue weighted by atomic mass is 32.2. The highest BCUT2D eigenvalue weighted by Crippen LogP contribution is 2.40. The van der Waals surface area contributed by atoms with Crippen molar-refractivity contribution in [3.8, 4) is 34.5 Å². The van der Waals surface area contributed by atoms with Gasteiger partial charge in [-0.25, -0.2) is 31.4 Å². The lowest BCUT2D eigenvalue weighted by atomic mass is 10.0. The molecule has 0 radical (unpaired) electrons. The average molecular weight is 724 g/mol. The summed E-state index contributed by atoms with van der Waals surface area (Å²) < 4.78 is 95.2. The van der Waals surface area contributed by atoms with Gasteiger partial charge in [-0.2, -0.15) is 4.98 Å². The summed E-state index contributed by atoms with van der Waals surface area (Å²) in [4.78, 5) is 25.4. The molecule has 12 nitrogen and oxygen atoms in total. The zero-order valence-corrected chi connectivity index (χ0v) is 28.4. The first-order chi connectivity index (χ1) is 24.5. The van der Waals surface area contributed by atoms with Crippen molar-refractivity contribution in [3.63, 3.8) is 0 Å². The minimum Gasteiger partial charge on any atom is -0.480 e. The van der Waals surface area contributed by atoms with Crippen LogP contribution in [0.25, 0.3) is 22.0 Å². The molecular weight excluding hydrogens is 691 g/mol. The quantitative estimate of drug-likeness (QED) is 0.130. The van der Waals surface area contributed by atoms with Crippen LogP contribution in [0.3, 0.4) is 0 Å². The number of aromatic nitrogens is 3. The summed E-state index contributed by atoms with van der Waals surface area (Å²) >= 11 is 0. The van der Waals surface area contributed by atoms with Crippen LogP contribution in [0.4, 0.5) is 30.2 Å². The van der Waals surface area contributed by atoms with Gasteiger partial charge in [0, 0.05) is 36.1 Å². The number of benzene rings is 3. The van der Waals surface area contributed by atoms with Gasteiger partial charge in [-0.1, -0.05) is 19.3 Å². The van der Waals surface area contributed by atoms with Crippen molar-refractivity contribution < 1.29 is 45.3 Å². The largest absolute Gasteiger partial charge is 0.480 e. The molecule has 0 atom stereocenters. The molecule has 0 spiro atoms. The van der Waals surface area contributed by atoms with Crippen LogP contribution < -0.4 is 24.2 Å². The third kappa shape index (κ3) is 7.75. The number of pyridine rings is 1. The van der Waals surface area contributed by atoms with Gasteiger partial charge in [-0.15, -0.1) is 0 Å². The van der Waals surface area contributed by atoms with E-state index < -0.39 is 38.7 Å². The topological polar surface area (TPSA) is 151 Å². The van der Waals surface area contributed by atoms with E-state index in [9.17, 15) is 22.0 Å². The lowest BCUT2D eigenvalue weighted by Crippen LogP contribution is -2.30. The third-order valence-electron chi connectivity index (χ3n) is 8.25. The summed E-state index contributed by atoms with van der Waals surface area (Å²) in [6.07, 6.45) is 6.02. The molecule has 1 aliphatic carbocycles. The fourth-order valence-corrected chi connectivity index (χ4v) is 7.47. The fraction of sp³-hybridized carbons (Fsp3) is 0.257. The summed E-state index contributed by atoms with van der Waals surface area (Å²) in [7, 11) is -0.0107. The zero-order chi connectivity index (χ0) is 36.3. The van der Waals surface area contributed by atoms with Crippen molar-refractivity contribution in [2.75, 3.05) is 31.4 Å². The second kappa shape index (κ2) is 14.7. The van der Waals surface area contributed by atoms with Crippen molar-refractivity contribution >= 4 is 44.0 Å². The Morgan fingerprint density at radius 2 is 1.57 bits per heavy atom. The van der Waals surface area contributed by atoms with Gasteiger partial charge in [-0.05, 0) is 42.7 Å². The molecule has 2 aromatic heterocycles. The number of hydrogen-bond acceptors (Lipinski definition) is 11. The first-order valence-corrected chi connectivity index (χ1v) is 17.3. The number of carbonyl (C=O) groups excluding carboxylic acids is 1. The SMILES string of the molecule is COC(=O)c1cc(Nc2c(NS(=O)(=O)C3CCCCC3)cnc3cc(-c4cnc(OC)nc4OC)cc(F)c23)cc(Oc2cc(F)cc(F)c2)c1. The Morgan fingerprint density at radius 1 is 0.843 bits per heavy atom. The molecule has 0 unspecified atom stereocenters. The Labute approximate surface area is 291 Å².